The van der Waals surface area contributed by atoms with Gasteiger partial charge in [-0.2, -0.15) is 5.10 Å². The Morgan fingerprint density at radius 3 is 2.67 bits per heavy atom. The molecule has 4 N–H and O–H groups in total. The lowest BCUT2D eigenvalue weighted by atomic mass is 9.84. The normalized spacial score (nSPS) is 18.0. The van der Waals surface area contributed by atoms with E-state index in [1.807, 2.05) is 6.07 Å². The number of benzene rings is 2. The van der Waals surface area contributed by atoms with E-state index in [9.17, 15) is 9.18 Å². The number of hydrogen-bond donors (Lipinski definition) is 4. The minimum absolute atomic E-state index is 0. The summed E-state index contributed by atoms with van der Waals surface area (Å²) >= 11 is 0. The molecule has 1 aliphatic rings. The van der Waals surface area contributed by atoms with Crippen molar-refractivity contribution in [1.29, 1.82) is 10.8 Å². The van der Waals surface area contributed by atoms with Crippen LogP contribution in [0.1, 0.15) is 33.0 Å². The van der Waals surface area contributed by atoms with Gasteiger partial charge in [0.05, 0.1) is 17.1 Å². The van der Waals surface area contributed by atoms with Crippen molar-refractivity contribution in [3.05, 3.63) is 69.9 Å². The summed E-state index contributed by atoms with van der Waals surface area (Å²) in [6.07, 6.45) is 0. The first kappa shape index (κ1) is 16.9. The molecule has 0 aliphatic carbocycles. The van der Waals surface area contributed by atoms with E-state index in [0.29, 0.717) is 22.2 Å². The highest BCUT2D eigenvalue weighted by molar-refractivity contribution is 6.02. The fourth-order valence-electron chi connectivity index (χ4n) is 3.45. The molecule has 3 aromatic rings. The number of aromatic amines is 1. The van der Waals surface area contributed by atoms with Crippen LogP contribution in [0.5, 0.6) is 0 Å². The molecule has 0 spiro atoms. The summed E-state index contributed by atoms with van der Waals surface area (Å²) in [5, 5.41) is 27.0. The van der Waals surface area contributed by atoms with Gasteiger partial charge in [0.2, 0.25) is 5.90 Å². The summed E-state index contributed by atoms with van der Waals surface area (Å²) in [6.45, 7) is 1.43. The summed E-state index contributed by atoms with van der Waals surface area (Å²) in [5.41, 5.74) is 1.57. The summed E-state index contributed by atoms with van der Waals surface area (Å²) in [4.78, 5) is 12.2. The molecule has 7 nitrogen and oxygen atoms in total. The van der Waals surface area contributed by atoms with Crippen LogP contribution in [0.4, 0.5) is 10.1 Å². The average Bonchev–Trinajstić information content (AvgIpc) is 2.64. The highest BCUT2D eigenvalue weighted by atomic mass is 19.1. The number of H-pyrrole nitrogens is 1. The van der Waals surface area contributed by atoms with Gasteiger partial charge in [-0.25, -0.2) is 9.49 Å². The molecule has 0 amide bonds. The van der Waals surface area contributed by atoms with Crippen LogP contribution in [0.15, 0.2) is 47.3 Å². The molecule has 0 radical (unpaired) electrons. The van der Waals surface area contributed by atoms with Gasteiger partial charge in [-0.3, -0.25) is 15.6 Å². The third kappa shape index (κ3) is 2.84. The monoisotopic (exact) mass is 369 g/mol. The van der Waals surface area contributed by atoms with Crippen LogP contribution in [0, 0.1) is 16.6 Å². The first-order chi connectivity index (χ1) is 13.0. The Balaban J connectivity index is 0.00000150. The molecule has 2 unspecified atom stereocenters. The molecule has 1 aliphatic heterocycles. The number of nitrogens with one attached hydrogen (secondary N) is 4. The number of anilines is 1. The molecule has 0 bridgehead atoms. The van der Waals surface area contributed by atoms with Gasteiger partial charge in [-0.05, 0) is 29.8 Å². The van der Waals surface area contributed by atoms with Gasteiger partial charge in [0.25, 0.3) is 5.56 Å². The van der Waals surface area contributed by atoms with E-state index < -0.39 is 12.0 Å². The van der Waals surface area contributed by atoms with Crippen molar-refractivity contribution in [2.45, 2.75) is 18.9 Å². The number of rotatable bonds is 2. The number of aromatic nitrogens is 2. The fraction of sp³-hybridized carbons (Fsp3) is 0.158. The zero-order chi connectivity index (χ0) is 19.1. The Hall–Kier alpha value is -3.55. The summed E-state index contributed by atoms with van der Waals surface area (Å²) in [6, 6.07) is 10.7. The molecule has 2 aromatic carbocycles. The molecule has 1 aromatic heterocycles. The minimum atomic E-state index is -0.704. The molecule has 2 atom stereocenters. The average molecular weight is 369 g/mol. The molecule has 0 saturated heterocycles. The molecule has 27 heavy (non-hydrogen) atoms. The van der Waals surface area contributed by atoms with Crippen LogP contribution in [0.3, 0.4) is 0 Å². The summed E-state index contributed by atoms with van der Waals surface area (Å²) < 4.78 is 18.6. The zero-order valence-electron chi connectivity index (χ0n) is 14.3. The quantitative estimate of drug-likeness (QED) is 0.406. The lowest BCUT2D eigenvalue weighted by molar-refractivity contribution is 0.476. The van der Waals surface area contributed by atoms with Crippen molar-refractivity contribution < 1.29 is 12.0 Å². The number of halogens is 1. The van der Waals surface area contributed by atoms with Gasteiger partial charge in [0, 0.05) is 20.9 Å². The van der Waals surface area contributed by atoms with E-state index >= 15 is 0 Å². The second-order valence-corrected chi connectivity index (χ2v) is 6.34. The van der Waals surface area contributed by atoms with Crippen LogP contribution >= 0.6 is 0 Å². The maximum Gasteiger partial charge on any atom is 0.272 e. The third-order valence-electron chi connectivity index (χ3n) is 4.56. The Morgan fingerprint density at radius 2 is 1.96 bits per heavy atom. The number of hydrogen-bond acceptors (Lipinski definition) is 6. The molecule has 4 rings (SSSR count). The SMILES string of the molecule is CC(=N)OC(=N)C1c2n[nH]c(=O)c3cccc(c23)NC1c1ccc(F)cc1.[HH].[HH]. The van der Waals surface area contributed by atoms with E-state index in [-0.39, 0.29) is 26.0 Å². The van der Waals surface area contributed by atoms with Crippen LogP contribution < -0.4 is 10.9 Å². The van der Waals surface area contributed by atoms with Crippen LogP contribution in [0.25, 0.3) is 10.8 Å². The van der Waals surface area contributed by atoms with Crippen molar-refractivity contribution in [1.82, 2.24) is 10.2 Å². The second kappa shape index (κ2) is 6.31. The Morgan fingerprint density at radius 1 is 1.22 bits per heavy atom. The zero-order valence-corrected chi connectivity index (χ0v) is 14.3. The van der Waals surface area contributed by atoms with Crippen molar-refractivity contribution in [3.63, 3.8) is 0 Å². The molecule has 8 heteroatoms. The van der Waals surface area contributed by atoms with Gasteiger partial charge in [-0.15, -0.1) is 0 Å². The topological polar surface area (TPSA) is 115 Å². The van der Waals surface area contributed by atoms with Gasteiger partial charge in [-0.1, -0.05) is 18.2 Å². The van der Waals surface area contributed by atoms with Gasteiger partial charge >= 0.3 is 0 Å². The number of nitrogens with zero attached hydrogens (tertiary/aromatic N) is 1. The van der Waals surface area contributed by atoms with Crippen molar-refractivity contribution in [2.75, 3.05) is 5.32 Å². The van der Waals surface area contributed by atoms with E-state index in [2.05, 4.69) is 15.5 Å². The summed E-state index contributed by atoms with van der Waals surface area (Å²) in [5.74, 6) is -1.38. The van der Waals surface area contributed by atoms with E-state index in [1.165, 1.54) is 19.1 Å². The molecule has 0 fully saturated rings. The first-order valence-electron chi connectivity index (χ1n) is 8.30. The van der Waals surface area contributed by atoms with E-state index in [0.717, 1.165) is 5.56 Å². The summed E-state index contributed by atoms with van der Waals surface area (Å²) in [7, 11) is 0. The van der Waals surface area contributed by atoms with Crippen LogP contribution in [0.2, 0.25) is 0 Å². The Kier molecular flexibility index (Phi) is 3.95. The predicted molar refractivity (Wildman–Crippen MR) is 104 cm³/mol. The molecule has 0 saturated carbocycles. The van der Waals surface area contributed by atoms with Crippen molar-refractivity contribution >= 4 is 28.3 Å². The van der Waals surface area contributed by atoms with Gasteiger partial charge in [0.1, 0.15) is 11.7 Å². The van der Waals surface area contributed by atoms with Gasteiger partial charge < -0.3 is 10.1 Å². The predicted octanol–water partition coefficient (Wildman–Crippen LogP) is 3.80. The van der Waals surface area contributed by atoms with Crippen LogP contribution in [-0.4, -0.2) is 22.0 Å². The highest BCUT2D eigenvalue weighted by Crippen LogP contribution is 2.43. The second-order valence-electron chi connectivity index (χ2n) is 6.34. The van der Waals surface area contributed by atoms with Crippen molar-refractivity contribution in [2.24, 2.45) is 0 Å². The van der Waals surface area contributed by atoms with Crippen molar-refractivity contribution in [3.8, 4) is 0 Å². The number of ether oxygens (including phenoxy) is 1. The molecular formula is C19H20FN5O2. The first-order valence-corrected chi connectivity index (χ1v) is 8.30. The van der Waals surface area contributed by atoms with Crippen LogP contribution in [-0.2, 0) is 4.74 Å². The lowest BCUT2D eigenvalue weighted by Crippen LogP contribution is -2.33. The largest absolute Gasteiger partial charge is 0.429 e. The Labute approximate surface area is 156 Å². The van der Waals surface area contributed by atoms with E-state index in [4.69, 9.17) is 15.6 Å². The molecule has 140 valence electrons. The fourth-order valence-corrected chi connectivity index (χ4v) is 3.45. The lowest BCUT2D eigenvalue weighted by Gasteiger charge is -2.34. The molecule has 2 heterocycles. The van der Waals surface area contributed by atoms with Gasteiger partial charge in [0.15, 0.2) is 5.90 Å². The third-order valence-corrected chi connectivity index (χ3v) is 4.56. The molecular weight excluding hydrogens is 349 g/mol. The maximum absolute atomic E-state index is 13.4. The Bertz CT molecular complexity index is 1130. The van der Waals surface area contributed by atoms with E-state index in [1.54, 1.807) is 24.3 Å². The minimum Gasteiger partial charge on any atom is -0.429 e. The standard InChI is InChI=1S/C19H16FN5O2.2H2/c1-9(21)27-18(22)15-16(10-5-7-11(20)8-6-10)23-13-4-2-3-12-14(13)17(15)24-25-19(12)26;;/h2-8,15-16,21-23H,1H3,(H,25,26);2*1H. The maximum atomic E-state index is 13.4. The smallest absolute Gasteiger partial charge is 0.272 e. The highest BCUT2D eigenvalue weighted by Gasteiger charge is 2.38.